The molecule has 24 heavy (non-hydrogen) atoms. The lowest BCUT2D eigenvalue weighted by Gasteiger charge is -2.09. The standard InChI is InChI=1S/C20H18N2O2/c1-14-5-3-6-16(11-14)20(23)22-17-7-4-8-18(12-17)24-19-10-9-15(2)21-13-19/h3-13H,1-2H3,(H,22,23). The lowest BCUT2D eigenvalue weighted by molar-refractivity contribution is 0.102. The Kier molecular flexibility index (Phi) is 4.57. The first kappa shape index (κ1) is 15.7. The molecule has 0 unspecified atom stereocenters. The predicted molar refractivity (Wildman–Crippen MR) is 94.6 cm³/mol. The maximum atomic E-state index is 12.3. The molecular formula is C20H18N2O2. The summed E-state index contributed by atoms with van der Waals surface area (Å²) in [5.74, 6) is 1.15. The average Bonchev–Trinajstić information content (AvgIpc) is 2.57. The van der Waals surface area contributed by atoms with Crippen LogP contribution in [0.4, 0.5) is 5.69 Å². The zero-order valence-electron chi connectivity index (χ0n) is 13.6. The number of hydrogen-bond acceptors (Lipinski definition) is 3. The number of anilines is 1. The van der Waals surface area contributed by atoms with Crippen LogP contribution in [0.3, 0.4) is 0 Å². The van der Waals surface area contributed by atoms with E-state index < -0.39 is 0 Å². The van der Waals surface area contributed by atoms with Crippen LogP contribution in [0.2, 0.25) is 0 Å². The molecule has 0 fully saturated rings. The van der Waals surface area contributed by atoms with E-state index in [1.807, 2.05) is 62.4 Å². The number of carbonyl (C=O) groups is 1. The van der Waals surface area contributed by atoms with Gasteiger partial charge in [0.25, 0.3) is 5.91 Å². The molecule has 120 valence electrons. The molecule has 1 heterocycles. The molecule has 2 aromatic carbocycles. The Hall–Kier alpha value is -3.14. The number of hydrogen-bond donors (Lipinski definition) is 1. The van der Waals surface area contributed by atoms with Gasteiger partial charge in [-0.05, 0) is 50.2 Å². The smallest absolute Gasteiger partial charge is 0.255 e. The summed E-state index contributed by atoms with van der Waals surface area (Å²) < 4.78 is 5.77. The van der Waals surface area contributed by atoms with Crippen molar-refractivity contribution in [3.8, 4) is 11.5 Å². The van der Waals surface area contributed by atoms with E-state index in [1.54, 1.807) is 18.3 Å². The first-order valence-corrected chi connectivity index (χ1v) is 7.69. The molecule has 3 aromatic rings. The Balaban J connectivity index is 1.73. The monoisotopic (exact) mass is 318 g/mol. The minimum Gasteiger partial charge on any atom is -0.456 e. The van der Waals surface area contributed by atoms with Gasteiger partial charge in [0.15, 0.2) is 0 Å². The molecule has 0 saturated carbocycles. The quantitative estimate of drug-likeness (QED) is 0.755. The van der Waals surface area contributed by atoms with Crippen molar-refractivity contribution in [1.29, 1.82) is 0 Å². The van der Waals surface area contributed by atoms with Crippen LogP contribution in [0.5, 0.6) is 11.5 Å². The van der Waals surface area contributed by atoms with Crippen molar-refractivity contribution in [3.05, 3.63) is 83.7 Å². The van der Waals surface area contributed by atoms with Crippen molar-refractivity contribution >= 4 is 11.6 Å². The van der Waals surface area contributed by atoms with Gasteiger partial charge in [-0.15, -0.1) is 0 Å². The second-order valence-corrected chi connectivity index (χ2v) is 5.59. The van der Waals surface area contributed by atoms with E-state index >= 15 is 0 Å². The van der Waals surface area contributed by atoms with E-state index in [4.69, 9.17) is 4.74 Å². The molecular weight excluding hydrogens is 300 g/mol. The van der Waals surface area contributed by atoms with E-state index in [0.29, 0.717) is 22.7 Å². The Morgan fingerprint density at radius 3 is 2.54 bits per heavy atom. The molecule has 4 heteroatoms. The summed E-state index contributed by atoms with van der Waals surface area (Å²) in [5, 5.41) is 2.89. The fourth-order valence-electron chi connectivity index (χ4n) is 2.28. The van der Waals surface area contributed by atoms with E-state index in [2.05, 4.69) is 10.3 Å². The van der Waals surface area contributed by atoms with Crippen molar-refractivity contribution < 1.29 is 9.53 Å². The maximum absolute atomic E-state index is 12.3. The summed E-state index contributed by atoms with van der Waals surface area (Å²) in [6.45, 7) is 3.88. The minimum atomic E-state index is -0.146. The molecule has 0 radical (unpaired) electrons. The van der Waals surface area contributed by atoms with Gasteiger partial charge in [0.1, 0.15) is 11.5 Å². The van der Waals surface area contributed by atoms with Gasteiger partial charge in [0.2, 0.25) is 0 Å². The molecule has 4 nitrogen and oxygen atoms in total. The Bertz CT molecular complexity index is 858. The third-order valence-electron chi connectivity index (χ3n) is 3.49. The summed E-state index contributed by atoms with van der Waals surface area (Å²) in [6.07, 6.45) is 1.67. The van der Waals surface area contributed by atoms with Gasteiger partial charge in [-0.3, -0.25) is 9.78 Å². The van der Waals surface area contributed by atoms with Crippen molar-refractivity contribution in [2.45, 2.75) is 13.8 Å². The van der Waals surface area contributed by atoms with Gasteiger partial charge >= 0.3 is 0 Å². The number of ether oxygens (including phenoxy) is 1. The zero-order valence-corrected chi connectivity index (χ0v) is 13.6. The number of nitrogens with zero attached hydrogens (tertiary/aromatic N) is 1. The third kappa shape index (κ3) is 3.98. The van der Waals surface area contributed by atoms with Crippen LogP contribution in [0.25, 0.3) is 0 Å². The first-order valence-electron chi connectivity index (χ1n) is 7.69. The highest BCUT2D eigenvalue weighted by molar-refractivity contribution is 6.04. The van der Waals surface area contributed by atoms with Gasteiger partial charge in [-0.1, -0.05) is 23.8 Å². The lowest BCUT2D eigenvalue weighted by atomic mass is 10.1. The van der Waals surface area contributed by atoms with Crippen molar-refractivity contribution in [2.24, 2.45) is 0 Å². The normalized spacial score (nSPS) is 10.2. The highest BCUT2D eigenvalue weighted by atomic mass is 16.5. The first-order chi connectivity index (χ1) is 11.6. The number of nitrogens with one attached hydrogen (secondary N) is 1. The van der Waals surface area contributed by atoms with Crippen LogP contribution in [0.1, 0.15) is 21.6 Å². The predicted octanol–water partition coefficient (Wildman–Crippen LogP) is 4.74. The van der Waals surface area contributed by atoms with Crippen molar-refractivity contribution in [2.75, 3.05) is 5.32 Å². The van der Waals surface area contributed by atoms with Crippen LogP contribution < -0.4 is 10.1 Å². The number of rotatable bonds is 4. The van der Waals surface area contributed by atoms with E-state index in [-0.39, 0.29) is 5.91 Å². The molecule has 1 amide bonds. The number of pyridine rings is 1. The van der Waals surface area contributed by atoms with E-state index in [9.17, 15) is 4.79 Å². The largest absolute Gasteiger partial charge is 0.456 e. The van der Waals surface area contributed by atoms with Gasteiger partial charge < -0.3 is 10.1 Å². The topological polar surface area (TPSA) is 51.2 Å². The van der Waals surface area contributed by atoms with E-state index in [0.717, 1.165) is 11.3 Å². The van der Waals surface area contributed by atoms with Crippen LogP contribution in [0.15, 0.2) is 66.9 Å². The molecule has 0 aliphatic heterocycles. The zero-order chi connectivity index (χ0) is 16.9. The minimum absolute atomic E-state index is 0.146. The Morgan fingerprint density at radius 2 is 1.79 bits per heavy atom. The fourth-order valence-corrected chi connectivity index (χ4v) is 2.28. The molecule has 0 aliphatic rings. The number of aryl methyl sites for hydroxylation is 2. The molecule has 0 spiro atoms. The van der Waals surface area contributed by atoms with Crippen LogP contribution >= 0.6 is 0 Å². The molecule has 3 rings (SSSR count). The maximum Gasteiger partial charge on any atom is 0.255 e. The Labute approximate surface area is 141 Å². The molecule has 0 atom stereocenters. The van der Waals surface area contributed by atoms with Gasteiger partial charge in [0.05, 0.1) is 6.20 Å². The van der Waals surface area contributed by atoms with Gasteiger partial charge in [-0.25, -0.2) is 0 Å². The molecule has 1 aromatic heterocycles. The summed E-state index contributed by atoms with van der Waals surface area (Å²) in [5.41, 5.74) is 3.29. The van der Waals surface area contributed by atoms with E-state index in [1.165, 1.54) is 0 Å². The number of amides is 1. The molecule has 0 aliphatic carbocycles. The van der Waals surface area contributed by atoms with Gasteiger partial charge in [0, 0.05) is 23.0 Å². The second kappa shape index (κ2) is 6.96. The SMILES string of the molecule is Cc1cccc(C(=O)Nc2cccc(Oc3ccc(C)nc3)c2)c1. The number of aromatic nitrogens is 1. The summed E-state index contributed by atoms with van der Waals surface area (Å²) in [6, 6.07) is 18.5. The summed E-state index contributed by atoms with van der Waals surface area (Å²) in [4.78, 5) is 16.5. The number of benzene rings is 2. The molecule has 0 bridgehead atoms. The summed E-state index contributed by atoms with van der Waals surface area (Å²) in [7, 11) is 0. The molecule has 0 saturated heterocycles. The van der Waals surface area contributed by atoms with Crippen LogP contribution in [0, 0.1) is 13.8 Å². The molecule has 1 N–H and O–H groups in total. The second-order valence-electron chi connectivity index (χ2n) is 5.59. The Morgan fingerprint density at radius 1 is 0.958 bits per heavy atom. The highest BCUT2D eigenvalue weighted by Crippen LogP contribution is 2.24. The highest BCUT2D eigenvalue weighted by Gasteiger charge is 2.07. The third-order valence-corrected chi connectivity index (χ3v) is 3.49. The number of carbonyl (C=O) groups excluding carboxylic acids is 1. The van der Waals surface area contributed by atoms with Crippen LogP contribution in [-0.4, -0.2) is 10.9 Å². The van der Waals surface area contributed by atoms with Crippen LogP contribution in [-0.2, 0) is 0 Å². The van der Waals surface area contributed by atoms with Gasteiger partial charge in [-0.2, -0.15) is 0 Å². The fraction of sp³-hybridized carbons (Fsp3) is 0.100. The average molecular weight is 318 g/mol. The summed E-state index contributed by atoms with van der Waals surface area (Å²) >= 11 is 0. The van der Waals surface area contributed by atoms with Crippen molar-refractivity contribution in [3.63, 3.8) is 0 Å². The van der Waals surface area contributed by atoms with Crippen molar-refractivity contribution in [1.82, 2.24) is 4.98 Å². The lowest BCUT2D eigenvalue weighted by Crippen LogP contribution is -2.11.